The summed E-state index contributed by atoms with van der Waals surface area (Å²) in [5.74, 6) is 0.690. The zero-order valence-corrected chi connectivity index (χ0v) is 14.1. The van der Waals surface area contributed by atoms with Crippen LogP contribution in [0, 0.1) is 0 Å². The normalized spacial score (nSPS) is 14.0. The van der Waals surface area contributed by atoms with E-state index in [-0.39, 0.29) is 11.8 Å². The third-order valence-corrected chi connectivity index (χ3v) is 3.88. The van der Waals surface area contributed by atoms with Gasteiger partial charge in [0.1, 0.15) is 0 Å². The van der Waals surface area contributed by atoms with Crippen molar-refractivity contribution in [3.63, 3.8) is 0 Å². The lowest BCUT2D eigenvalue weighted by Crippen LogP contribution is -2.31. The predicted octanol–water partition coefficient (Wildman–Crippen LogP) is 1.52. The van der Waals surface area contributed by atoms with Crippen LogP contribution in [-0.4, -0.2) is 56.3 Å². The topological polar surface area (TPSA) is 70.7 Å². The fourth-order valence-corrected chi connectivity index (χ4v) is 2.54. The number of carbonyl (C=O) groups excluding carboxylic acids is 2. The lowest BCUT2D eigenvalue weighted by Gasteiger charge is -2.14. The smallest absolute Gasteiger partial charge is 0.291 e. The van der Waals surface area contributed by atoms with Gasteiger partial charge in [0, 0.05) is 35.5 Å². The van der Waals surface area contributed by atoms with Crippen LogP contribution in [0.1, 0.15) is 10.4 Å². The molecule has 0 fully saturated rings. The Balaban J connectivity index is 1.95. The fourth-order valence-electron chi connectivity index (χ4n) is 1.91. The highest BCUT2D eigenvalue weighted by Crippen LogP contribution is 2.17. The summed E-state index contributed by atoms with van der Waals surface area (Å²) in [5.41, 5.74) is 1.07. The molecule has 124 valence electrons. The lowest BCUT2D eigenvalue weighted by molar-refractivity contribution is -0.116. The third kappa shape index (κ3) is 5.61. The van der Waals surface area contributed by atoms with E-state index in [1.807, 2.05) is 19.0 Å². The second kappa shape index (κ2) is 8.59. The summed E-state index contributed by atoms with van der Waals surface area (Å²) >= 11 is 1.55. The van der Waals surface area contributed by atoms with Crippen molar-refractivity contribution in [2.75, 3.05) is 44.9 Å². The first kappa shape index (κ1) is 17.4. The Bertz CT molecular complexity index is 602. The Labute approximate surface area is 140 Å². The Morgan fingerprint density at radius 1 is 1.30 bits per heavy atom. The van der Waals surface area contributed by atoms with Gasteiger partial charge in [-0.2, -0.15) is 0 Å². The van der Waals surface area contributed by atoms with E-state index >= 15 is 0 Å². The van der Waals surface area contributed by atoms with Crippen LogP contribution in [0.3, 0.4) is 0 Å². The van der Waals surface area contributed by atoms with Crippen LogP contribution in [-0.2, 0) is 9.53 Å². The highest BCUT2D eigenvalue weighted by Gasteiger charge is 2.15. The average molecular weight is 335 g/mol. The van der Waals surface area contributed by atoms with Crippen LogP contribution < -0.4 is 10.6 Å². The van der Waals surface area contributed by atoms with E-state index in [9.17, 15) is 9.59 Å². The number of anilines is 1. The Hall–Kier alpha value is -1.99. The monoisotopic (exact) mass is 335 g/mol. The molecule has 0 radical (unpaired) electrons. The van der Waals surface area contributed by atoms with E-state index < -0.39 is 0 Å². The van der Waals surface area contributed by atoms with Gasteiger partial charge < -0.3 is 20.3 Å². The summed E-state index contributed by atoms with van der Waals surface area (Å²) in [7, 11) is 3.89. The lowest BCUT2D eigenvalue weighted by atomic mass is 10.2. The number of benzene rings is 1. The van der Waals surface area contributed by atoms with Crippen LogP contribution in [0.4, 0.5) is 5.69 Å². The molecule has 0 saturated heterocycles. The zero-order chi connectivity index (χ0) is 16.7. The van der Waals surface area contributed by atoms with Gasteiger partial charge in [-0.3, -0.25) is 9.59 Å². The van der Waals surface area contributed by atoms with Crippen molar-refractivity contribution in [1.82, 2.24) is 10.2 Å². The molecule has 1 heterocycles. The summed E-state index contributed by atoms with van der Waals surface area (Å²) in [4.78, 5) is 26.1. The van der Waals surface area contributed by atoms with Gasteiger partial charge in [-0.15, -0.1) is 11.8 Å². The first-order valence-corrected chi connectivity index (χ1v) is 8.40. The molecule has 23 heavy (non-hydrogen) atoms. The van der Waals surface area contributed by atoms with Crippen LogP contribution >= 0.6 is 11.8 Å². The number of hydrogen-bond donors (Lipinski definition) is 2. The van der Waals surface area contributed by atoms with Gasteiger partial charge in [0.2, 0.25) is 0 Å². The Kier molecular flexibility index (Phi) is 6.49. The minimum absolute atomic E-state index is 0.161. The molecule has 1 aliphatic heterocycles. The third-order valence-electron chi connectivity index (χ3n) is 3.10. The number of rotatable bonds is 6. The predicted molar refractivity (Wildman–Crippen MR) is 92.5 cm³/mol. The van der Waals surface area contributed by atoms with Gasteiger partial charge in [0.25, 0.3) is 11.8 Å². The number of hydrogen-bond acceptors (Lipinski definition) is 5. The first-order valence-electron chi connectivity index (χ1n) is 7.35. The van der Waals surface area contributed by atoms with Crippen molar-refractivity contribution in [1.29, 1.82) is 0 Å². The molecule has 1 aromatic rings. The van der Waals surface area contributed by atoms with E-state index in [2.05, 4.69) is 10.6 Å². The zero-order valence-electron chi connectivity index (χ0n) is 13.3. The van der Waals surface area contributed by atoms with Crippen molar-refractivity contribution >= 4 is 29.3 Å². The van der Waals surface area contributed by atoms with E-state index in [1.165, 1.54) is 0 Å². The van der Waals surface area contributed by atoms with Gasteiger partial charge >= 0.3 is 0 Å². The van der Waals surface area contributed by atoms with E-state index in [4.69, 9.17) is 4.74 Å². The number of nitrogens with zero attached hydrogens (tertiary/aromatic N) is 1. The first-order chi connectivity index (χ1) is 11.1. The molecule has 0 bridgehead atoms. The summed E-state index contributed by atoms with van der Waals surface area (Å²) in [5, 5.41) is 7.29. The van der Waals surface area contributed by atoms with Crippen molar-refractivity contribution in [2.45, 2.75) is 0 Å². The number of carbonyl (C=O) groups is 2. The molecule has 0 atom stereocenters. The standard InChI is InChI=1S/C16H21N3O3S/c1-19(2)7-6-17-15(20)12-4-3-5-13(10-12)18-16(21)14-11-23-9-8-22-14/h3-5,10-11H,6-9H2,1-2H3,(H,17,20)(H,18,21). The summed E-state index contributed by atoms with van der Waals surface area (Å²) < 4.78 is 5.31. The molecule has 2 amide bonds. The van der Waals surface area contributed by atoms with Gasteiger partial charge in [-0.25, -0.2) is 0 Å². The molecular formula is C16H21N3O3S. The SMILES string of the molecule is CN(C)CCNC(=O)c1cccc(NC(=O)C2=CSCCO2)c1. The van der Waals surface area contributed by atoms with Crippen molar-refractivity contribution in [2.24, 2.45) is 0 Å². The molecular weight excluding hydrogens is 314 g/mol. The fraction of sp³-hybridized carbons (Fsp3) is 0.375. The molecule has 2 rings (SSSR count). The minimum atomic E-state index is -0.303. The van der Waals surface area contributed by atoms with E-state index in [0.717, 1.165) is 12.3 Å². The molecule has 0 saturated carbocycles. The molecule has 6 nitrogen and oxygen atoms in total. The number of likely N-dealkylation sites (N-methyl/N-ethyl adjacent to an activating group) is 1. The van der Waals surface area contributed by atoms with Gasteiger partial charge in [-0.1, -0.05) is 6.07 Å². The quantitative estimate of drug-likeness (QED) is 0.825. The molecule has 0 aliphatic carbocycles. The maximum atomic E-state index is 12.1. The number of nitrogens with one attached hydrogen (secondary N) is 2. The summed E-state index contributed by atoms with van der Waals surface area (Å²) in [6, 6.07) is 6.85. The molecule has 0 unspecified atom stereocenters. The number of thioether (sulfide) groups is 1. The molecule has 2 N–H and O–H groups in total. The Morgan fingerprint density at radius 3 is 2.83 bits per heavy atom. The molecule has 7 heteroatoms. The molecule has 0 aromatic heterocycles. The van der Waals surface area contributed by atoms with Crippen molar-refractivity contribution in [3.8, 4) is 0 Å². The number of ether oxygens (including phenoxy) is 1. The minimum Gasteiger partial charge on any atom is -0.487 e. The van der Waals surface area contributed by atoms with Crippen LogP contribution in [0.2, 0.25) is 0 Å². The van der Waals surface area contributed by atoms with Gasteiger partial charge in [0.05, 0.1) is 6.61 Å². The highest BCUT2D eigenvalue weighted by molar-refractivity contribution is 8.02. The van der Waals surface area contributed by atoms with Crippen LogP contribution in [0.15, 0.2) is 35.4 Å². The largest absolute Gasteiger partial charge is 0.487 e. The maximum absolute atomic E-state index is 12.1. The van der Waals surface area contributed by atoms with E-state index in [0.29, 0.717) is 30.2 Å². The van der Waals surface area contributed by atoms with Crippen LogP contribution in [0.5, 0.6) is 0 Å². The molecule has 0 spiro atoms. The van der Waals surface area contributed by atoms with Crippen molar-refractivity contribution < 1.29 is 14.3 Å². The van der Waals surface area contributed by atoms with E-state index in [1.54, 1.807) is 41.4 Å². The molecule has 1 aliphatic rings. The highest BCUT2D eigenvalue weighted by atomic mass is 32.2. The average Bonchev–Trinajstić information content (AvgIpc) is 2.55. The second-order valence-corrected chi connectivity index (χ2v) is 6.27. The second-order valence-electron chi connectivity index (χ2n) is 5.30. The van der Waals surface area contributed by atoms with Crippen molar-refractivity contribution in [3.05, 3.63) is 41.0 Å². The van der Waals surface area contributed by atoms with Crippen LogP contribution in [0.25, 0.3) is 0 Å². The van der Waals surface area contributed by atoms with Gasteiger partial charge in [-0.05, 0) is 32.3 Å². The maximum Gasteiger partial charge on any atom is 0.291 e. The number of amides is 2. The molecule has 1 aromatic carbocycles. The summed E-state index contributed by atoms with van der Waals surface area (Å²) in [6.07, 6.45) is 0. The Morgan fingerprint density at radius 2 is 2.13 bits per heavy atom. The van der Waals surface area contributed by atoms with Gasteiger partial charge in [0.15, 0.2) is 5.76 Å². The summed E-state index contributed by atoms with van der Waals surface area (Å²) in [6.45, 7) is 1.87.